The van der Waals surface area contributed by atoms with Gasteiger partial charge in [-0.2, -0.15) is 0 Å². The number of halogens is 1. The number of rotatable bonds is 6. The Morgan fingerprint density at radius 3 is 2.65 bits per heavy atom. The molecule has 1 aliphatic rings. The van der Waals surface area contributed by atoms with Gasteiger partial charge >= 0.3 is 0 Å². The summed E-state index contributed by atoms with van der Waals surface area (Å²) in [4.78, 5) is 26.4. The molecule has 136 valence electrons. The lowest BCUT2D eigenvalue weighted by atomic mass is 10.1. The van der Waals surface area contributed by atoms with Gasteiger partial charge in [-0.1, -0.05) is 42.8 Å². The van der Waals surface area contributed by atoms with E-state index >= 15 is 0 Å². The van der Waals surface area contributed by atoms with Gasteiger partial charge in [0.05, 0.1) is 5.69 Å². The van der Waals surface area contributed by atoms with E-state index in [-0.39, 0.29) is 18.4 Å². The van der Waals surface area contributed by atoms with Crippen LogP contribution in [0.3, 0.4) is 0 Å². The number of fused-ring (bicyclic) bond motifs is 1. The first kappa shape index (κ1) is 18.3. The van der Waals surface area contributed by atoms with Crippen LogP contribution in [0.15, 0.2) is 48.5 Å². The first-order valence-electron chi connectivity index (χ1n) is 8.66. The summed E-state index contributed by atoms with van der Waals surface area (Å²) in [6.07, 6.45) is 0.711. The van der Waals surface area contributed by atoms with E-state index in [1.807, 2.05) is 49.4 Å². The third-order valence-corrected chi connectivity index (χ3v) is 4.54. The fraction of sp³-hybridized carbons (Fsp3) is 0.300. The molecular weight excluding hydrogens is 352 g/mol. The van der Waals surface area contributed by atoms with Crippen LogP contribution in [0.1, 0.15) is 18.9 Å². The van der Waals surface area contributed by atoms with Crippen molar-refractivity contribution in [2.24, 2.45) is 0 Å². The molecule has 0 aromatic heterocycles. The highest BCUT2D eigenvalue weighted by molar-refractivity contribution is 6.30. The quantitative estimate of drug-likeness (QED) is 0.847. The molecule has 5 nitrogen and oxygen atoms in total. The van der Waals surface area contributed by atoms with E-state index in [0.29, 0.717) is 35.8 Å². The second kappa shape index (κ2) is 8.23. The summed E-state index contributed by atoms with van der Waals surface area (Å²) in [7, 11) is 0. The van der Waals surface area contributed by atoms with Crippen molar-refractivity contribution in [3.63, 3.8) is 0 Å². The molecule has 0 bridgehead atoms. The van der Waals surface area contributed by atoms with Crippen LogP contribution < -0.4 is 15.0 Å². The summed E-state index contributed by atoms with van der Waals surface area (Å²) in [6, 6.07) is 14.8. The molecule has 1 N–H and O–H groups in total. The van der Waals surface area contributed by atoms with E-state index in [9.17, 15) is 9.59 Å². The first-order chi connectivity index (χ1) is 12.6. The molecule has 1 aliphatic heterocycles. The Morgan fingerprint density at radius 1 is 1.19 bits per heavy atom. The van der Waals surface area contributed by atoms with E-state index in [4.69, 9.17) is 16.3 Å². The molecule has 0 spiro atoms. The number of hydrogen-bond acceptors (Lipinski definition) is 3. The summed E-state index contributed by atoms with van der Waals surface area (Å²) in [5.74, 6) is 0.255. The number of anilines is 1. The van der Waals surface area contributed by atoms with Crippen LogP contribution in [0.2, 0.25) is 5.02 Å². The number of para-hydroxylation sites is 2. The van der Waals surface area contributed by atoms with E-state index in [1.165, 1.54) is 4.90 Å². The highest BCUT2D eigenvalue weighted by atomic mass is 35.5. The third-order valence-electron chi connectivity index (χ3n) is 4.29. The fourth-order valence-corrected chi connectivity index (χ4v) is 3.02. The molecule has 0 fully saturated rings. The minimum atomic E-state index is -0.549. The lowest BCUT2D eigenvalue weighted by Crippen LogP contribution is -2.49. The summed E-state index contributed by atoms with van der Waals surface area (Å²) < 4.78 is 5.72. The van der Waals surface area contributed by atoms with Crippen LogP contribution in [0, 0.1) is 0 Å². The Labute approximate surface area is 157 Å². The SMILES string of the molecule is CCC1Oc2ccccc2N(CC(=O)NCCc2ccc(Cl)cc2)C1=O. The average Bonchev–Trinajstić information content (AvgIpc) is 2.65. The Balaban J connectivity index is 1.60. The number of nitrogens with zero attached hydrogens (tertiary/aromatic N) is 1. The van der Waals surface area contributed by atoms with Crippen LogP contribution in [0.5, 0.6) is 5.75 Å². The predicted octanol–water partition coefficient (Wildman–Crippen LogP) is 3.20. The van der Waals surface area contributed by atoms with Gasteiger partial charge in [0.2, 0.25) is 5.91 Å². The maximum Gasteiger partial charge on any atom is 0.268 e. The number of hydrogen-bond donors (Lipinski definition) is 1. The second-order valence-corrected chi connectivity index (χ2v) is 6.57. The zero-order valence-electron chi connectivity index (χ0n) is 14.6. The first-order valence-corrected chi connectivity index (χ1v) is 9.04. The average molecular weight is 373 g/mol. The number of amides is 2. The Bertz CT molecular complexity index is 792. The van der Waals surface area contributed by atoms with E-state index in [1.54, 1.807) is 6.07 Å². The van der Waals surface area contributed by atoms with E-state index < -0.39 is 6.10 Å². The van der Waals surface area contributed by atoms with Crippen LogP contribution in [-0.4, -0.2) is 31.0 Å². The fourth-order valence-electron chi connectivity index (χ4n) is 2.89. The topological polar surface area (TPSA) is 58.6 Å². The maximum absolute atomic E-state index is 12.6. The molecule has 0 radical (unpaired) electrons. The molecule has 26 heavy (non-hydrogen) atoms. The van der Waals surface area contributed by atoms with Gasteiger partial charge in [-0.25, -0.2) is 0 Å². The number of benzene rings is 2. The van der Waals surface area contributed by atoms with Gasteiger partial charge in [-0.15, -0.1) is 0 Å². The summed E-state index contributed by atoms with van der Waals surface area (Å²) >= 11 is 5.87. The summed E-state index contributed by atoms with van der Waals surface area (Å²) in [6.45, 7) is 2.37. The number of carbonyl (C=O) groups is 2. The summed E-state index contributed by atoms with van der Waals surface area (Å²) in [5, 5.41) is 3.56. The highest BCUT2D eigenvalue weighted by Crippen LogP contribution is 2.34. The van der Waals surface area contributed by atoms with Gasteiger partial charge in [0, 0.05) is 11.6 Å². The van der Waals surface area contributed by atoms with Crippen molar-refractivity contribution in [2.45, 2.75) is 25.9 Å². The zero-order valence-corrected chi connectivity index (χ0v) is 15.3. The van der Waals surface area contributed by atoms with Crippen molar-refractivity contribution in [3.8, 4) is 5.75 Å². The predicted molar refractivity (Wildman–Crippen MR) is 102 cm³/mol. The van der Waals surface area contributed by atoms with Crippen molar-refractivity contribution in [2.75, 3.05) is 18.0 Å². The number of carbonyl (C=O) groups excluding carboxylic acids is 2. The van der Waals surface area contributed by atoms with Crippen LogP contribution in [0.4, 0.5) is 5.69 Å². The Morgan fingerprint density at radius 2 is 1.92 bits per heavy atom. The van der Waals surface area contributed by atoms with Gasteiger partial charge in [-0.3, -0.25) is 14.5 Å². The standard InChI is InChI=1S/C20H21ClN2O3/c1-2-17-20(25)23(16-5-3-4-6-18(16)26-17)13-19(24)22-12-11-14-7-9-15(21)10-8-14/h3-10,17H,2,11-13H2,1H3,(H,22,24). The zero-order chi connectivity index (χ0) is 18.5. The van der Waals surface area contributed by atoms with Gasteiger partial charge in [-0.05, 0) is 42.7 Å². The van der Waals surface area contributed by atoms with Crippen molar-refractivity contribution in [1.29, 1.82) is 0 Å². The van der Waals surface area contributed by atoms with Crippen molar-refractivity contribution in [1.82, 2.24) is 5.32 Å². The maximum atomic E-state index is 12.6. The van der Waals surface area contributed by atoms with Crippen LogP contribution in [0.25, 0.3) is 0 Å². The minimum absolute atomic E-state index is 0.0175. The molecule has 0 saturated heterocycles. The Hall–Kier alpha value is -2.53. The smallest absolute Gasteiger partial charge is 0.268 e. The molecule has 0 aliphatic carbocycles. The van der Waals surface area contributed by atoms with Crippen LogP contribution >= 0.6 is 11.6 Å². The summed E-state index contributed by atoms with van der Waals surface area (Å²) in [5.41, 5.74) is 1.73. The monoisotopic (exact) mass is 372 g/mol. The highest BCUT2D eigenvalue weighted by Gasteiger charge is 2.34. The lowest BCUT2D eigenvalue weighted by Gasteiger charge is -2.33. The molecule has 2 aromatic rings. The molecule has 2 amide bonds. The molecular formula is C20H21ClN2O3. The molecule has 1 heterocycles. The molecule has 1 atom stereocenters. The second-order valence-electron chi connectivity index (χ2n) is 6.13. The van der Waals surface area contributed by atoms with Crippen molar-refractivity contribution >= 4 is 29.1 Å². The molecule has 6 heteroatoms. The van der Waals surface area contributed by atoms with Crippen LogP contribution in [-0.2, 0) is 16.0 Å². The van der Waals surface area contributed by atoms with E-state index in [0.717, 1.165) is 5.56 Å². The molecule has 3 rings (SSSR count). The van der Waals surface area contributed by atoms with Crippen molar-refractivity contribution < 1.29 is 14.3 Å². The van der Waals surface area contributed by atoms with Gasteiger partial charge in [0.1, 0.15) is 12.3 Å². The van der Waals surface area contributed by atoms with E-state index in [2.05, 4.69) is 5.32 Å². The lowest BCUT2D eigenvalue weighted by molar-refractivity contribution is -0.129. The third kappa shape index (κ3) is 4.17. The van der Waals surface area contributed by atoms with Gasteiger partial charge < -0.3 is 10.1 Å². The Kier molecular flexibility index (Phi) is 5.78. The largest absolute Gasteiger partial charge is 0.478 e. The number of ether oxygens (including phenoxy) is 1. The normalized spacial score (nSPS) is 16.0. The molecule has 1 unspecified atom stereocenters. The molecule has 0 saturated carbocycles. The van der Waals surface area contributed by atoms with Gasteiger partial charge in [0.25, 0.3) is 5.91 Å². The van der Waals surface area contributed by atoms with Crippen molar-refractivity contribution in [3.05, 3.63) is 59.1 Å². The van der Waals surface area contributed by atoms with Gasteiger partial charge in [0.15, 0.2) is 6.10 Å². The minimum Gasteiger partial charge on any atom is -0.478 e. The molecule has 2 aromatic carbocycles. The number of nitrogens with one attached hydrogen (secondary N) is 1.